The predicted octanol–water partition coefficient (Wildman–Crippen LogP) is 3.50. The molecule has 3 rings (SSSR count). The van der Waals surface area contributed by atoms with Crippen molar-refractivity contribution in [3.8, 4) is 0 Å². The second-order valence-corrected chi connectivity index (χ2v) is 9.16. The van der Waals surface area contributed by atoms with Crippen LogP contribution in [0.2, 0.25) is 0 Å². The maximum Gasteiger partial charge on any atom is 0.225 e. The average Bonchev–Trinajstić information content (AvgIpc) is 3.46. The third-order valence-corrected chi connectivity index (χ3v) is 7.25. The predicted molar refractivity (Wildman–Crippen MR) is 141 cm³/mol. The number of nitrogens with one attached hydrogen (secondary N) is 2. The van der Waals surface area contributed by atoms with Gasteiger partial charge in [-0.3, -0.25) is 9.79 Å². The molecule has 2 fully saturated rings. The number of thiazole rings is 1. The summed E-state index contributed by atoms with van der Waals surface area (Å²) in [6.45, 7) is 8.98. The number of nitrogens with zero attached hydrogens (tertiary/aromatic N) is 4. The maximum atomic E-state index is 12.6. The van der Waals surface area contributed by atoms with E-state index in [1.165, 1.54) is 18.0 Å². The van der Waals surface area contributed by atoms with Gasteiger partial charge in [0.2, 0.25) is 5.91 Å². The Morgan fingerprint density at radius 1 is 1.23 bits per heavy atom. The van der Waals surface area contributed by atoms with Crippen LogP contribution in [0.1, 0.15) is 58.1 Å². The number of guanidine groups is 1. The van der Waals surface area contributed by atoms with E-state index < -0.39 is 0 Å². The number of aromatic nitrogens is 1. The minimum Gasteiger partial charge on any atom is -0.356 e. The Morgan fingerprint density at radius 2 is 1.90 bits per heavy atom. The number of hydrogen-bond acceptors (Lipinski definition) is 5. The topological polar surface area (TPSA) is 72.9 Å². The number of carbonyl (C=O) groups excluding carboxylic acids is 1. The molecule has 2 aliphatic rings. The zero-order valence-electron chi connectivity index (χ0n) is 19.2. The third-order valence-electron chi connectivity index (χ3n) is 6.30. The molecule has 0 bridgehead atoms. The number of amides is 1. The molecule has 3 heterocycles. The van der Waals surface area contributed by atoms with Crippen LogP contribution in [0, 0.1) is 5.92 Å². The molecular formula is C22H39IN6OS. The summed E-state index contributed by atoms with van der Waals surface area (Å²) in [6, 6.07) is 0.364. The molecule has 7 nitrogen and oxygen atoms in total. The normalized spacial score (nSPS) is 17.7. The van der Waals surface area contributed by atoms with Gasteiger partial charge in [-0.15, -0.1) is 35.3 Å². The van der Waals surface area contributed by atoms with E-state index in [4.69, 9.17) is 4.98 Å². The van der Waals surface area contributed by atoms with E-state index in [9.17, 15) is 4.79 Å². The Morgan fingerprint density at radius 3 is 2.52 bits per heavy atom. The first kappa shape index (κ1) is 26.2. The molecule has 1 amide bonds. The fourth-order valence-corrected chi connectivity index (χ4v) is 5.22. The molecule has 0 aromatic carbocycles. The first-order valence-corrected chi connectivity index (χ1v) is 12.5. The first-order valence-electron chi connectivity index (χ1n) is 11.6. The third kappa shape index (κ3) is 7.47. The molecule has 2 aliphatic heterocycles. The van der Waals surface area contributed by atoms with Gasteiger partial charge in [-0.2, -0.15) is 0 Å². The summed E-state index contributed by atoms with van der Waals surface area (Å²) in [7, 11) is 1.81. The number of anilines is 1. The molecule has 176 valence electrons. The lowest BCUT2D eigenvalue weighted by molar-refractivity contribution is -0.136. The van der Waals surface area contributed by atoms with Crippen LogP contribution < -0.4 is 15.5 Å². The molecule has 0 spiro atoms. The lowest BCUT2D eigenvalue weighted by Gasteiger charge is -2.34. The average molecular weight is 563 g/mol. The monoisotopic (exact) mass is 562 g/mol. The molecule has 0 saturated carbocycles. The fraction of sp³-hybridized carbons (Fsp3) is 0.773. The smallest absolute Gasteiger partial charge is 0.225 e. The number of hydrogen-bond donors (Lipinski definition) is 2. The summed E-state index contributed by atoms with van der Waals surface area (Å²) < 4.78 is 0. The van der Waals surface area contributed by atoms with Crippen LogP contribution in [-0.4, -0.2) is 67.6 Å². The molecule has 0 atom stereocenters. The van der Waals surface area contributed by atoms with E-state index in [1.54, 1.807) is 11.3 Å². The number of aliphatic imine (C=N–C) groups is 1. The zero-order chi connectivity index (χ0) is 21.3. The van der Waals surface area contributed by atoms with Crippen LogP contribution in [0.25, 0.3) is 0 Å². The van der Waals surface area contributed by atoms with Gasteiger partial charge in [-0.1, -0.05) is 13.8 Å². The summed E-state index contributed by atoms with van der Waals surface area (Å²) in [6.07, 6.45) is 7.26. The Bertz CT molecular complexity index is 694. The summed E-state index contributed by atoms with van der Waals surface area (Å²) in [5, 5.41) is 10.3. The molecule has 9 heteroatoms. The van der Waals surface area contributed by atoms with Crippen molar-refractivity contribution in [3.05, 3.63) is 11.1 Å². The zero-order valence-corrected chi connectivity index (χ0v) is 22.4. The highest BCUT2D eigenvalue weighted by atomic mass is 127. The molecule has 2 N–H and O–H groups in total. The van der Waals surface area contributed by atoms with Crippen LogP contribution in [0.5, 0.6) is 0 Å². The van der Waals surface area contributed by atoms with Gasteiger partial charge >= 0.3 is 0 Å². The van der Waals surface area contributed by atoms with Gasteiger partial charge in [0.15, 0.2) is 11.1 Å². The van der Waals surface area contributed by atoms with E-state index >= 15 is 0 Å². The van der Waals surface area contributed by atoms with E-state index in [2.05, 4.69) is 39.8 Å². The van der Waals surface area contributed by atoms with Crippen molar-refractivity contribution in [1.82, 2.24) is 20.5 Å². The standard InChI is InChI=1S/C22H38N6OS.HI/c1-4-17(5-2)20(29)27-14-9-18(10-15-27)25-21(23-3)24-11-8-19-16-30-22(26-19)28-12-6-7-13-28;/h16-18H,4-15H2,1-3H3,(H2,23,24,25);1H. The molecule has 0 aliphatic carbocycles. The van der Waals surface area contributed by atoms with Crippen molar-refractivity contribution in [1.29, 1.82) is 0 Å². The van der Waals surface area contributed by atoms with E-state index in [0.717, 1.165) is 76.5 Å². The van der Waals surface area contributed by atoms with Crippen molar-refractivity contribution in [2.24, 2.45) is 10.9 Å². The lowest BCUT2D eigenvalue weighted by Crippen LogP contribution is -2.50. The first-order chi connectivity index (χ1) is 14.6. The molecule has 0 unspecified atom stereocenters. The van der Waals surface area contributed by atoms with Crippen molar-refractivity contribution in [2.45, 2.75) is 64.8 Å². The summed E-state index contributed by atoms with van der Waals surface area (Å²) in [5.41, 5.74) is 1.15. The second kappa shape index (κ2) is 13.4. The van der Waals surface area contributed by atoms with Crippen molar-refractivity contribution < 1.29 is 4.79 Å². The van der Waals surface area contributed by atoms with E-state index in [-0.39, 0.29) is 29.9 Å². The molecule has 31 heavy (non-hydrogen) atoms. The Labute approximate surface area is 208 Å². The van der Waals surface area contributed by atoms with Gasteiger partial charge < -0.3 is 20.4 Å². The van der Waals surface area contributed by atoms with Gasteiger partial charge in [0.25, 0.3) is 0 Å². The van der Waals surface area contributed by atoms with Gasteiger partial charge in [-0.25, -0.2) is 4.98 Å². The van der Waals surface area contributed by atoms with Crippen molar-refractivity contribution in [2.75, 3.05) is 44.7 Å². The molecule has 2 saturated heterocycles. The molecule has 1 aromatic rings. The molecule has 0 radical (unpaired) electrons. The van der Waals surface area contributed by atoms with E-state index in [0.29, 0.717) is 11.9 Å². The molecular weight excluding hydrogens is 523 g/mol. The lowest BCUT2D eigenvalue weighted by atomic mass is 9.98. The van der Waals surface area contributed by atoms with Crippen molar-refractivity contribution in [3.63, 3.8) is 0 Å². The van der Waals surface area contributed by atoms with Gasteiger partial charge in [-0.05, 0) is 38.5 Å². The maximum absolute atomic E-state index is 12.6. The highest BCUT2D eigenvalue weighted by Crippen LogP contribution is 2.24. The van der Waals surface area contributed by atoms with Crippen LogP contribution in [0.3, 0.4) is 0 Å². The summed E-state index contributed by atoms with van der Waals surface area (Å²) in [5.74, 6) is 1.35. The van der Waals surface area contributed by atoms with Crippen LogP contribution in [0.15, 0.2) is 10.4 Å². The summed E-state index contributed by atoms with van der Waals surface area (Å²) in [4.78, 5) is 26.2. The largest absolute Gasteiger partial charge is 0.356 e. The van der Waals surface area contributed by atoms with E-state index in [1.807, 2.05) is 11.9 Å². The van der Waals surface area contributed by atoms with Crippen LogP contribution in [0.4, 0.5) is 5.13 Å². The van der Waals surface area contributed by atoms with Gasteiger partial charge in [0.05, 0.1) is 5.69 Å². The van der Waals surface area contributed by atoms with Crippen LogP contribution in [-0.2, 0) is 11.2 Å². The quantitative estimate of drug-likeness (QED) is 0.289. The number of rotatable bonds is 8. The number of piperidine rings is 1. The minimum absolute atomic E-state index is 0. The minimum atomic E-state index is 0. The van der Waals surface area contributed by atoms with Gasteiger partial charge in [0.1, 0.15) is 0 Å². The summed E-state index contributed by atoms with van der Waals surface area (Å²) >= 11 is 1.76. The highest BCUT2D eigenvalue weighted by molar-refractivity contribution is 14.0. The van der Waals surface area contributed by atoms with Crippen molar-refractivity contribution >= 4 is 52.3 Å². The second-order valence-electron chi connectivity index (χ2n) is 8.32. The molecule has 1 aromatic heterocycles. The number of likely N-dealkylation sites (tertiary alicyclic amines) is 1. The Balaban J connectivity index is 0.00000341. The SMILES string of the molecule is CCC(CC)C(=O)N1CCC(NC(=NC)NCCc2csc(N3CCCC3)n2)CC1.I. The highest BCUT2D eigenvalue weighted by Gasteiger charge is 2.26. The fourth-order valence-electron chi connectivity index (χ4n) is 4.30. The Hall–Kier alpha value is -1.10. The Kier molecular flexibility index (Phi) is 11.3. The number of carbonyl (C=O) groups is 1. The van der Waals surface area contributed by atoms with Crippen LogP contribution >= 0.6 is 35.3 Å². The van der Waals surface area contributed by atoms with Gasteiger partial charge in [0, 0.05) is 63.5 Å². The number of halogens is 1.